The molecule has 1 aromatic heterocycles. The zero-order chi connectivity index (χ0) is 20.2. The van der Waals surface area contributed by atoms with Crippen molar-refractivity contribution < 1.29 is 10.1 Å². The van der Waals surface area contributed by atoms with E-state index in [9.17, 15) is 4.79 Å². The van der Waals surface area contributed by atoms with E-state index in [1.165, 1.54) is 15.3 Å². The van der Waals surface area contributed by atoms with Gasteiger partial charge in [0.05, 0.1) is 15.2 Å². The Morgan fingerprint density at radius 1 is 1.17 bits per heavy atom. The number of hydrogen-bond donors (Lipinski definition) is 1. The number of piperidine rings is 1. The van der Waals surface area contributed by atoms with Gasteiger partial charge < -0.3 is 10.2 Å². The second-order valence-electron chi connectivity index (χ2n) is 8.32. The van der Waals surface area contributed by atoms with E-state index in [1.807, 2.05) is 12.1 Å². The molecule has 29 heavy (non-hydrogen) atoms. The number of aromatic nitrogens is 1. The van der Waals surface area contributed by atoms with Gasteiger partial charge in [0.2, 0.25) is 0 Å². The molecule has 2 N–H and O–H groups in total. The van der Waals surface area contributed by atoms with Gasteiger partial charge in [-0.3, -0.25) is 4.79 Å². The van der Waals surface area contributed by atoms with Crippen molar-refractivity contribution >= 4 is 27.5 Å². The number of rotatable bonds is 6. The molecular weight excluding hydrogens is 378 g/mol. The minimum Gasteiger partial charge on any atom is -0.337 e. The number of fused-ring (bicyclic) bond motifs is 1. The molecule has 4 rings (SSSR count). The fraction of sp³-hybridized carbons (Fsp3) is 0.417. The number of nitrogens with two attached hydrogens (primary N) is 1. The Morgan fingerprint density at radius 2 is 1.93 bits per heavy atom. The highest BCUT2D eigenvalue weighted by Gasteiger charge is 2.28. The number of nitrogens with zero attached hydrogens (tertiary/aromatic N) is 2. The Balaban J connectivity index is 1.39. The highest BCUT2D eigenvalue weighted by atomic mass is 32.1. The number of carbonyl (C=O) groups is 1. The molecule has 0 spiro atoms. The van der Waals surface area contributed by atoms with E-state index in [4.69, 9.17) is 4.98 Å². The lowest BCUT2D eigenvalue weighted by atomic mass is 9.96. The zero-order valence-electron chi connectivity index (χ0n) is 17.3. The lowest BCUT2D eigenvalue weighted by Gasteiger charge is -2.32. The molecule has 0 aliphatic carbocycles. The van der Waals surface area contributed by atoms with Gasteiger partial charge in [0, 0.05) is 30.5 Å². The number of para-hydroxylation sites is 1. The van der Waals surface area contributed by atoms with Crippen molar-refractivity contribution in [1.29, 1.82) is 0 Å². The Bertz CT molecular complexity index is 920. The van der Waals surface area contributed by atoms with Crippen molar-refractivity contribution in [2.24, 2.45) is 5.92 Å². The summed E-state index contributed by atoms with van der Waals surface area (Å²) in [5.41, 5.74) is 2.37. The molecule has 3 aromatic rings. The minimum atomic E-state index is 0.248. The first-order valence-electron chi connectivity index (χ1n) is 10.6. The number of likely N-dealkylation sites (tertiary alicyclic amines) is 1. The van der Waals surface area contributed by atoms with Gasteiger partial charge in [-0.05, 0) is 25.0 Å². The van der Waals surface area contributed by atoms with Crippen LogP contribution in [0, 0.1) is 5.92 Å². The standard InChI is InChI=1S/C24H29N3OS/c1-17(2)23(18-9-4-3-5-10-18)25-15-22(28)27-14-8-11-19(16-27)24-26-20-12-6-7-13-21(20)29-24/h3-7,9-10,12-13,17,19,23,25H,8,11,14-16H2,1-2H3/p+1/t19-,23+/m0/s1. The normalized spacial score (nSPS) is 18.3. The van der Waals surface area contributed by atoms with Crippen molar-refractivity contribution in [3.05, 3.63) is 65.2 Å². The SMILES string of the molecule is CC(C)[C@@H]([NH2+]CC(=O)N1CCC[C@H](c2nc3ccccc3s2)C1)c1ccccc1. The van der Waals surface area contributed by atoms with E-state index < -0.39 is 0 Å². The van der Waals surface area contributed by atoms with Crippen LogP contribution in [0.4, 0.5) is 0 Å². The first kappa shape index (κ1) is 20.0. The highest BCUT2D eigenvalue weighted by Crippen LogP contribution is 2.32. The monoisotopic (exact) mass is 408 g/mol. The molecule has 1 aliphatic heterocycles. The maximum Gasteiger partial charge on any atom is 0.277 e. The molecule has 5 heteroatoms. The van der Waals surface area contributed by atoms with E-state index in [0.717, 1.165) is 31.4 Å². The summed E-state index contributed by atoms with van der Waals surface area (Å²) in [5, 5.41) is 3.39. The number of amides is 1. The quantitative estimate of drug-likeness (QED) is 0.671. The van der Waals surface area contributed by atoms with Crippen LogP contribution in [0.15, 0.2) is 54.6 Å². The van der Waals surface area contributed by atoms with Gasteiger partial charge in [0.1, 0.15) is 6.04 Å². The summed E-state index contributed by atoms with van der Waals surface area (Å²) in [6.07, 6.45) is 2.17. The molecule has 152 valence electrons. The zero-order valence-corrected chi connectivity index (χ0v) is 18.1. The Labute approximate surface area is 177 Å². The third-order valence-corrected chi connectivity index (χ3v) is 7.08. The summed E-state index contributed by atoms with van der Waals surface area (Å²) in [6, 6.07) is 19.1. The van der Waals surface area contributed by atoms with Gasteiger partial charge in [0.15, 0.2) is 6.54 Å². The Hall–Kier alpha value is -2.24. The second-order valence-corrected chi connectivity index (χ2v) is 9.38. The molecule has 2 aromatic carbocycles. The van der Waals surface area contributed by atoms with Crippen molar-refractivity contribution in [2.75, 3.05) is 19.6 Å². The lowest BCUT2D eigenvalue weighted by molar-refractivity contribution is -0.692. The van der Waals surface area contributed by atoms with Crippen LogP contribution in [0.5, 0.6) is 0 Å². The molecule has 0 bridgehead atoms. The maximum atomic E-state index is 13.0. The topological polar surface area (TPSA) is 49.8 Å². The minimum absolute atomic E-state index is 0.248. The average Bonchev–Trinajstić information content (AvgIpc) is 3.19. The first-order chi connectivity index (χ1) is 14.1. The van der Waals surface area contributed by atoms with E-state index >= 15 is 0 Å². The molecule has 1 aliphatic rings. The van der Waals surface area contributed by atoms with E-state index in [0.29, 0.717) is 24.4 Å². The van der Waals surface area contributed by atoms with Crippen molar-refractivity contribution in [3.8, 4) is 0 Å². The Morgan fingerprint density at radius 3 is 2.69 bits per heavy atom. The lowest BCUT2D eigenvalue weighted by Crippen LogP contribution is -2.88. The van der Waals surface area contributed by atoms with E-state index in [-0.39, 0.29) is 5.91 Å². The number of thiazole rings is 1. The van der Waals surface area contributed by atoms with Crippen LogP contribution in [0.3, 0.4) is 0 Å². The van der Waals surface area contributed by atoms with Crippen molar-refractivity contribution in [1.82, 2.24) is 9.88 Å². The highest BCUT2D eigenvalue weighted by molar-refractivity contribution is 7.18. The van der Waals surface area contributed by atoms with Crippen LogP contribution < -0.4 is 5.32 Å². The summed E-state index contributed by atoms with van der Waals surface area (Å²) in [5.74, 6) is 1.08. The molecule has 1 amide bonds. The smallest absolute Gasteiger partial charge is 0.277 e. The molecule has 0 radical (unpaired) electrons. The first-order valence-corrected chi connectivity index (χ1v) is 11.4. The molecular formula is C24H30N3OS+. The van der Waals surface area contributed by atoms with Gasteiger partial charge in [-0.25, -0.2) is 4.98 Å². The summed E-state index contributed by atoms with van der Waals surface area (Å²) >= 11 is 1.78. The third kappa shape index (κ3) is 4.68. The summed E-state index contributed by atoms with van der Waals surface area (Å²) in [7, 11) is 0. The molecule has 2 atom stereocenters. The molecule has 2 heterocycles. The summed E-state index contributed by atoms with van der Waals surface area (Å²) < 4.78 is 1.24. The predicted octanol–water partition coefficient (Wildman–Crippen LogP) is 3.96. The second kappa shape index (κ2) is 9.06. The molecule has 0 unspecified atom stereocenters. The summed E-state index contributed by atoms with van der Waals surface area (Å²) in [4.78, 5) is 19.9. The van der Waals surface area contributed by atoms with Crippen LogP contribution in [0.2, 0.25) is 0 Å². The molecule has 1 saturated heterocycles. The van der Waals surface area contributed by atoms with Gasteiger partial charge in [-0.15, -0.1) is 11.3 Å². The van der Waals surface area contributed by atoms with Gasteiger partial charge in [-0.2, -0.15) is 0 Å². The summed E-state index contributed by atoms with van der Waals surface area (Å²) in [6.45, 7) is 6.62. The van der Waals surface area contributed by atoms with Crippen LogP contribution >= 0.6 is 11.3 Å². The predicted molar refractivity (Wildman–Crippen MR) is 119 cm³/mol. The van der Waals surface area contributed by atoms with E-state index in [1.54, 1.807) is 11.3 Å². The van der Waals surface area contributed by atoms with Crippen LogP contribution in [-0.4, -0.2) is 35.4 Å². The maximum absolute atomic E-state index is 13.0. The largest absolute Gasteiger partial charge is 0.337 e. The van der Waals surface area contributed by atoms with Crippen molar-refractivity contribution in [3.63, 3.8) is 0 Å². The average molecular weight is 409 g/mol. The Kier molecular flexibility index (Phi) is 6.26. The number of quaternary nitrogens is 1. The van der Waals surface area contributed by atoms with Gasteiger partial charge in [0.25, 0.3) is 5.91 Å². The van der Waals surface area contributed by atoms with Crippen LogP contribution in [-0.2, 0) is 4.79 Å². The third-order valence-electron chi connectivity index (χ3n) is 5.88. The number of hydrogen-bond acceptors (Lipinski definition) is 3. The molecule has 1 fully saturated rings. The number of carbonyl (C=O) groups excluding carboxylic acids is 1. The van der Waals surface area contributed by atoms with E-state index in [2.05, 4.69) is 66.5 Å². The number of benzene rings is 2. The van der Waals surface area contributed by atoms with Crippen LogP contribution in [0.25, 0.3) is 10.2 Å². The van der Waals surface area contributed by atoms with Gasteiger partial charge in [-0.1, -0.05) is 56.3 Å². The van der Waals surface area contributed by atoms with Crippen LogP contribution in [0.1, 0.15) is 49.2 Å². The van der Waals surface area contributed by atoms with Gasteiger partial charge >= 0.3 is 0 Å². The molecule has 0 saturated carbocycles. The molecule has 4 nitrogen and oxygen atoms in total. The fourth-order valence-corrected chi connectivity index (χ4v) is 5.39. The fourth-order valence-electron chi connectivity index (χ4n) is 4.30. The van der Waals surface area contributed by atoms with Crippen molar-refractivity contribution in [2.45, 2.75) is 38.6 Å².